The summed E-state index contributed by atoms with van der Waals surface area (Å²) >= 11 is 0. The molecular formula is C46H29N3O. The van der Waals surface area contributed by atoms with Gasteiger partial charge in [0.15, 0.2) is 5.82 Å². The Bertz CT molecular complexity index is 2880. The number of para-hydroxylation sites is 3. The lowest BCUT2D eigenvalue weighted by Gasteiger charge is -2.27. The van der Waals surface area contributed by atoms with Crippen molar-refractivity contribution in [1.82, 2.24) is 9.97 Å². The molecule has 2 heterocycles. The molecule has 8 aromatic carbocycles. The van der Waals surface area contributed by atoms with Crippen LogP contribution >= 0.6 is 0 Å². The van der Waals surface area contributed by atoms with Crippen molar-refractivity contribution >= 4 is 71.4 Å². The van der Waals surface area contributed by atoms with Crippen LogP contribution in [0.2, 0.25) is 0 Å². The molecule has 0 bridgehead atoms. The highest BCUT2D eigenvalue weighted by Gasteiger charge is 2.22. The Hall–Kier alpha value is -6.78. The van der Waals surface area contributed by atoms with Gasteiger partial charge in [0, 0.05) is 38.7 Å². The lowest BCUT2D eigenvalue weighted by molar-refractivity contribution is 0.672. The molecule has 10 aromatic rings. The molecule has 4 nitrogen and oxygen atoms in total. The Balaban J connectivity index is 1.24. The topological polar surface area (TPSA) is 42.2 Å². The van der Waals surface area contributed by atoms with Crippen LogP contribution < -0.4 is 4.90 Å². The van der Waals surface area contributed by atoms with Crippen LogP contribution in [0.4, 0.5) is 17.1 Å². The smallest absolute Gasteiger partial charge is 0.160 e. The summed E-state index contributed by atoms with van der Waals surface area (Å²) in [5, 5.41) is 7.65. The first kappa shape index (κ1) is 28.3. The molecule has 0 aliphatic heterocycles. The second-order valence-corrected chi connectivity index (χ2v) is 12.6. The molecule has 50 heavy (non-hydrogen) atoms. The Morgan fingerprint density at radius 1 is 0.440 bits per heavy atom. The molecule has 0 spiro atoms. The van der Waals surface area contributed by atoms with Gasteiger partial charge in [-0.1, -0.05) is 127 Å². The molecule has 234 valence electrons. The van der Waals surface area contributed by atoms with Crippen molar-refractivity contribution in [3.8, 4) is 22.6 Å². The molecule has 0 amide bonds. The minimum atomic E-state index is 0.680. The fourth-order valence-corrected chi connectivity index (χ4v) is 7.24. The van der Waals surface area contributed by atoms with Crippen molar-refractivity contribution in [1.29, 1.82) is 0 Å². The van der Waals surface area contributed by atoms with E-state index >= 15 is 0 Å². The summed E-state index contributed by atoms with van der Waals surface area (Å²) in [6, 6.07) is 61.4. The second-order valence-electron chi connectivity index (χ2n) is 12.6. The predicted octanol–water partition coefficient (Wildman–Crippen LogP) is 12.6. The third-order valence-corrected chi connectivity index (χ3v) is 9.60. The number of hydrogen-bond acceptors (Lipinski definition) is 4. The van der Waals surface area contributed by atoms with Crippen LogP contribution in [-0.4, -0.2) is 9.97 Å². The van der Waals surface area contributed by atoms with Crippen molar-refractivity contribution in [2.75, 3.05) is 4.90 Å². The van der Waals surface area contributed by atoms with Gasteiger partial charge in [-0.15, -0.1) is 0 Å². The van der Waals surface area contributed by atoms with Gasteiger partial charge >= 0.3 is 0 Å². The number of anilines is 3. The second kappa shape index (κ2) is 11.4. The van der Waals surface area contributed by atoms with Crippen LogP contribution in [-0.2, 0) is 0 Å². The molecule has 0 fully saturated rings. The summed E-state index contributed by atoms with van der Waals surface area (Å²) < 4.78 is 6.79. The largest absolute Gasteiger partial charge is 0.455 e. The van der Waals surface area contributed by atoms with Gasteiger partial charge in [-0.05, 0) is 64.7 Å². The molecule has 0 aliphatic rings. The van der Waals surface area contributed by atoms with Gasteiger partial charge in [-0.2, -0.15) is 0 Å². The minimum absolute atomic E-state index is 0.680. The van der Waals surface area contributed by atoms with Crippen molar-refractivity contribution in [2.45, 2.75) is 0 Å². The molecule has 4 heteroatoms. The first-order valence-electron chi connectivity index (χ1n) is 16.8. The molecule has 0 N–H and O–H groups in total. The number of rotatable bonds is 5. The van der Waals surface area contributed by atoms with E-state index in [1.165, 1.54) is 10.8 Å². The normalized spacial score (nSPS) is 11.6. The van der Waals surface area contributed by atoms with Gasteiger partial charge in [0.05, 0.1) is 22.3 Å². The predicted molar refractivity (Wildman–Crippen MR) is 207 cm³/mol. The average molecular weight is 640 g/mol. The number of hydrogen-bond donors (Lipinski definition) is 0. The standard InChI is InChI=1S/C46H29N3O/c1-3-14-31(15-4-1)44-37-19-9-11-21-40(37)47-46(48-44)34-24-23-33-29-41(43-38-20-10-12-22-42(38)50-45(43)39(33)28-34)49(35-17-5-2-6-18-35)36-26-25-30-13-7-8-16-32(30)27-36/h1-29H. The molecule has 0 atom stereocenters. The number of benzene rings is 8. The van der Waals surface area contributed by atoms with Gasteiger partial charge in [0.25, 0.3) is 0 Å². The van der Waals surface area contributed by atoms with E-state index in [2.05, 4.69) is 157 Å². The number of fused-ring (bicyclic) bond motifs is 7. The maximum absolute atomic E-state index is 6.79. The number of nitrogens with zero attached hydrogens (tertiary/aromatic N) is 3. The van der Waals surface area contributed by atoms with E-state index in [9.17, 15) is 0 Å². The highest BCUT2D eigenvalue weighted by molar-refractivity contribution is 6.22. The van der Waals surface area contributed by atoms with Gasteiger partial charge in [0.2, 0.25) is 0 Å². The van der Waals surface area contributed by atoms with Crippen LogP contribution in [0.1, 0.15) is 0 Å². The average Bonchev–Trinajstić information content (AvgIpc) is 3.58. The van der Waals surface area contributed by atoms with Gasteiger partial charge in [-0.25, -0.2) is 9.97 Å². The molecule has 0 saturated carbocycles. The zero-order valence-corrected chi connectivity index (χ0v) is 27.0. The SMILES string of the molecule is c1ccc(-c2nc(-c3ccc4cc(N(c5ccccc5)c5ccc6ccccc6c5)c5c6ccccc6oc5c4c3)nc3ccccc23)cc1. The maximum atomic E-state index is 6.79. The summed E-state index contributed by atoms with van der Waals surface area (Å²) in [4.78, 5) is 12.6. The highest BCUT2D eigenvalue weighted by atomic mass is 16.3. The fraction of sp³-hybridized carbons (Fsp3) is 0. The van der Waals surface area contributed by atoms with E-state index in [1.54, 1.807) is 0 Å². The Morgan fingerprint density at radius 3 is 2.00 bits per heavy atom. The lowest BCUT2D eigenvalue weighted by Crippen LogP contribution is -2.10. The maximum Gasteiger partial charge on any atom is 0.160 e. The van der Waals surface area contributed by atoms with Crippen LogP contribution in [0, 0.1) is 0 Å². The summed E-state index contributed by atoms with van der Waals surface area (Å²) in [6.45, 7) is 0. The van der Waals surface area contributed by atoms with Crippen LogP contribution in [0.15, 0.2) is 180 Å². The van der Waals surface area contributed by atoms with E-state index in [0.717, 1.165) is 77.5 Å². The van der Waals surface area contributed by atoms with E-state index in [-0.39, 0.29) is 0 Å². The molecule has 0 saturated heterocycles. The van der Waals surface area contributed by atoms with Crippen molar-refractivity contribution in [3.05, 3.63) is 176 Å². The number of aromatic nitrogens is 2. The van der Waals surface area contributed by atoms with Crippen molar-refractivity contribution < 1.29 is 4.42 Å². The summed E-state index contributed by atoms with van der Waals surface area (Å²) in [7, 11) is 0. The lowest BCUT2D eigenvalue weighted by atomic mass is 9.99. The quantitative estimate of drug-likeness (QED) is 0.188. The minimum Gasteiger partial charge on any atom is -0.455 e. The van der Waals surface area contributed by atoms with Crippen molar-refractivity contribution in [2.24, 2.45) is 0 Å². The van der Waals surface area contributed by atoms with E-state index in [4.69, 9.17) is 14.4 Å². The van der Waals surface area contributed by atoms with Crippen LogP contribution in [0.5, 0.6) is 0 Å². The first-order valence-corrected chi connectivity index (χ1v) is 16.8. The molecule has 10 rings (SSSR count). The summed E-state index contributed by atoms with van der Waals surface area (Å²) in [5.41, 5.74) is 8.72. The molecule has 0 radical (unpaired) electrons. The van der Waals surface area contributed by atoms with Crippen LogP contribution in [0.25, 0.3) is 77.0 Å². The highest BCUT2D eigenvalue weighted by Crippen LogP contribution is 2.46. The van der Waals surface area contributed by atoms with Gasteiger partial charge < -0.3 is 9.32 Å². The molecular weight excluding hydrogens is 611 g/mol. The third-order valence-electron chi connectivity index (χ3n) is 9.60. The summed E-state index contributed by atoms with van der Waals surface area (Å²) in [6.07, 6.45) is 0. The van der Waals surface area contributed by atoms with Crippen LogP contribution in [0.3, 0.4) is 0 Å². The van der Waals surface area contributed by atoms with Gasteiger partial charge in [-0.3, -0.25) is 0 Å². The zero-order valence-electron chi connectivity index (χ0n) is 27.0. The van der Waals surface area contributed by atoms with E-state index in [0.29, 0.717) is 5.82 Å². The Kier molecular flexibility index (Phi) is 6.46. The molecule has 0 aliphatic carbocycles. The van der Waals surface area contributed by atoms with E-state index < -0.39 is 0 Å². The van der Waals surface area contributed by atoms with E-state index in [1.807, 2.05) is 24.3 Å². The molecule has 2 aromatic heterocycles. The Morgan fingerprint density at radius 2 is 1.14 bits per heavy atom. The Labute approximate surface area is 288 Å². The number of furan rings is 1. The van der Waals surface area contributed by atoms with Gasteiger partial charge in [0.1, 0.15) is 11.2 Å². The summed E-state index contributed by atoms with van der Waals surface area (Å²) in [5.74, 6) is 0.680. The molecule has 0 unspecified atom stereocenters. The monoisotopic (exact) mass is 639 g/mol. The fourth-order valence-electron chi connectivity index (χ4n) is 7.24. The zero-order chi connectivity index (χ0) is 33.0. The first-order chi connectivity index (χ1) is 24.8. The third kappa shape index (κ3) is 4.61. The van der Waals surface area contributed by atoms with Crippen molar-refractivity contribution in [3.63, 3.8) is 0 Å².